The lowest BCUT2D eigenvalue weighted by atomic mass is 9.99. The summed E-state index contributed by atoms with van der Waals surface area (Å²) in [5.74, 6) is 0. The molecular weight excluding hydrogens is 270 g/mol. The van der Waals surface area contributed by atoms with Crippen molar-refractivity contribution in [1.82, 2.24) is 9.88 Å². The van der Waals surface area contributed by atoms with Crippen LogP contribution in [0.5, 0.6) is 0 Å². The van der Waals surface area contributed by atoms with Gasteiger partial charge in [-0.1, -0.05) is 13.8 Å². The molecule has 3 nitrogen and oxygen atoms in total. The molecule has 3 N–H and O–H groups in total. The minimum absolute atomic E-state index is 0.320. The summed E-state index contributed by atoms with van der Waals surface area (Å²) >= 11 is 0. The first kappa shape index (κ1) is 15.6. The van der Waals surface area contributed by atoms with Crippen LogP contribution in [0, 0.1) is 6.92 Å². The number of aromatic nitrogens is 1. The van der Waals surface area contributed by atoms with E-state index in [2.05, 4.69) is 42.8 Å². The second-order valence-corrected chi connectivity index (χ2v) is 6.66. The highest BCUT2D eigenvalue weighted by Crippen LogP contribution is 2.32. The van der Waals surface area contributed by atoms with E-state index in [1.165, 1.54) is 39.7 Å². The number of aryl methyl sites for hydroxylation is 2. The van der Waals surface area contributed by atoms with Crippen molar-refractivity contribution in [3.05, 3.63) is 34.5 Å². The molecule has 2 aromatic rings. The van der Waals surface area contributed by atoms with Crippen molar-refractivity contribution < 1.29 is 0 Å². The summed E-state index contributed by atoms with van der Waals surface area (Å²) in [6, 6.07) is 5.16. The normalized spacial score (nSPS) is 15.5. The van der Waals surface area contributed by atoms with Crippen LogP contribution in [0.25, 0.3) is 10.9 Å². The summed E-state index contributed by atoms with van der Waals surface area (Å²) < 4.78 is 2.51. The minimum Gasteiger partial charge on any atom is -0.345 e. The third-order valence-electron chi connectivity index (χ3n) is 5.14. The van der Waals surface area contributed by atoms with Gasteiger partial charge < -0.3 is 15.6 Å². The third-order valence-corrected chi connectivity index (χ3v) is 5.14. The fourth-order valence-corrected chi connectivity index (χ4v) is 3.70. The van der Waals surface area contributed by atoms with Crippen LogP contribution in [0.3, 0.4) is 0 Å². The van der Waals surface area contributed by atoms with Crippen LogP contribution in [-0.4, -0.2) is 10.6 Å². The van der Waals surface area contributed by atoms with E-state index in [0.717, 1.165) is 38.9 Å². The molecule has 1 aliphatic heterocycles. The average molecular weight is 299 g/mol. The van der Waals surface area contributed by atoms with Gasteiger partial charge in [0.05, 0.1) is 0 Å². The fraction of sp³-hybridized carbons (Fsp3) is 0.579. The molecule has 22 heavy (non-hydrogen) atoms. The van der Waals surface area contributed by atoms with Crippen LogP contribution >= 0.6 is 0 Å². The molecule has 120 valence electrons. The second-order valence-electron chi connectivity index (χ2n) is 6.66. The first-order valence-electron chi connectivity index (χ1n) is 8.75. The Balaban J connectivity index is 2.07. The van der Waals surface area contributed by atoms with Crippen LogP contribution in [0.1, 0.15) is 55.5 Å². The topological polar surface area (TPSA) is 43.0 Å². The molecule has 0 radical (unpaired) electrons. The van der Waals surface area contributed by atoms with Crippen molar-refractivity contribution in [1.29, 1.82) is 0 Å². The maximum atomic E-state index is 6.15. The van der Waals surface area contributed by atoms with E-state index >= 15 is 0 Å². The Bertz CT molecular complexity index is 669. The van der Waals surface area contributed by atoms with Gasteiger partial charge in [0, 0.05) is 42.3 Å². The SMILES string of the molecule is CCCn1c(C)c(CCC(N)CC)c2cc3c(cc21)CNC3. The van der Waals surface area contributed by atoms with Crippen LogP contribution in [0.15, 0.2) is 12.1 Å². The lowest BCUT2D eigenvalue weighted by Crippen LogP contribution is -2.19. The Morgan fingerprint density at radius 1 is 1.23 bits per heavy atom. The van der Waals surface area contributed by atoms with Gasteiger partial charge in [-0.25, -0.2) is 0 Å². The van der Waals surface area contributed by atoms with Gasteiger partial charge in [-0.3, -0.25) is 0 Å². The van der Waals surface area contributed by atoms with E-state index < -0.39 is 0 Å². The van der Waals surface area contributed by atoms with E-state index in [4.69, 9.17) is 5.73 Å². The van der Waals surface area contributed by atoms with Crippen LogP contribution in [-0.2, 0) is 26.1 Å². The van der Waals surface area contributed by atoms with E-state index in [0.29, 0.717) is 6.04 Å². The summed E-state index contributed by atoms with van der Waals surface area (Å²) in [5.41, 5.74) is 13.5. The first-order valence-corrected chi connectivity index (χ1v) is 8.75. The molecule has 0 spiro atoms. The predicted octanol–water partition coefficient (Wildman–Crippen LogP) is 3.63. The number of fused-ring (bicyclic) bond motifs is 2. The van der Waals surface area contributed by atoms with Gasteiger partial charge in [0.2, 0.25) is 0 Å². The van der Waals surface area contributed by atoms with E-state index in [1.807, 2.05) is 0 Å². The van der Waals surface area contributed by atoms with Gasteiger partial charge in [-0.2, -0.15) is 0 Å². The monoisotopic (exact) mass is 299 g/mol. The minimum atomic E-state index is 0.320. The highest BCUT2D eigenvalue weighted by molar-refractivity contribution is 5.87. The second kappa shape index (κ2) is 6.43. The summed E-state index contributed by atoms with van der Waals surface area (Å²) in [6.45, 7) is 9.85. The molecule has 0 saturated heterocycles. The summed E-state index contributed by atoms with van der Waals surface area (Å²) in [4.78, 5) is 0. The molecule has 1 aromatic heterocycles. The molecule has 3 rings (SSSR count). The lowest BCUT2D eigenvalue weighted by molar-refractivity contribution is 0.593. The zero-order valence-corrected chi connectivity index (χ0v) is 14.2. The predicted molar refractivity (Wildman–Crippen MR) is 94.1 cm³/mol. The van der Waals surface area contributed by atoms with Crippen molar-refractivity contribution in [3.8, 4) is 0 Å². The number of nitrogens with one attached hydrogen (secondary N) is 1. The molecule has 1 unspecified atom stereocenters. The molecule has 1 atom stereocenters. The molecule has 0 saturated carbocycles. The molecule has 0 bridgehead atoms. The largest absolute Gasteiger partial charge is 0.345 e. The number of nitrogens with two attached hydrogens (primary N) is 1. The Kier molecular flexibility index (Phi) is 4.55. The van der Waals surface area contributed by atoms with Gasteiger partial charge in [0.15, 0.2) is 0 Å². The van der Waals surface area contributed by atoms with Crippen LogP contribution < -0.4 is 11.1 Å². The number of rotatable bonds is 6. The van der Waals surface area contributed by atoms with Crippen LogP contribution in [0.4, 0.5) is 0 Å². The molecule has 0 amide bonds. The molecule has 0 fully saturated rings. The highest BCUT2D eigenvalue weighted by Gasteiger charge is 2.18. The number of hydrogen-bond acceptors (Lipinski definition) is 2. The standard InChI is InChI=1S/C19H29N3/c1-4-8-22-13(3)17(7-6-16(20)5-2)18-9-14-11-21-12-15(14)10-19(18)22/h9-10,16,21H,4-8,11-12,20H2,1-3H3. The number of hydrogen-bond donors (Lipinski definition) is 2. The van der Waals surface area contributed by atoms with Crippen molar-refractivity contribution in [2.45, 2.75) is 72.1 Å². The van der Waals surface area contributed by atoms with Gasteiger partial charge in [0.1, 0.15) is 0 Å². The third kappa shape index (κ3) is 2.68. The Morgan fingerprint density at radius 2 is 1.95 bits per heavy atom. The molecule has 1 aliphatic rings. The average Bonchev–Trinajstić information content (AvgIpc) is 3.07. The Morgan fingerprint density at radius 3 is 2.64 bits per heavy atom. The maximum absolute atomic E-state index is 6.15. The first-order chi connectivity index (χ1) is 10.7. The van der Waals surface area contributed by atoms with Crippen molar-refractivity contribution in [2.24, 2.45) is 5.73 Å². The highest BCUT2D eigenvalue weighted by atomic mass is 15.0. The van der Waals surface area contributed by atoms with Crippen LogP contribution in [0.2, 0.25) is 0 Å². The molecule has 0 aliphatic carbocycles. The fourth-order valence-electron chi connectivity index (χ4n) is 3.70. The molecule has 3 heteroatoms. The summed E-state index contributed by atoms with van der Waals surface area (Å²) in [6.07, 6.45) is 4.41. The van der Waals surface area contributed by atoms with E-state index in [-0.39, 0.29) is 0 Å². The zero-order valence-electron chi connectivity index (χ0n) is 14.2. The summed E-state index contributed by atoms with van der Waals surface area (Å²) in [5, 5.41) is 4.92. The smallest absolute Gasteiger partial charge is 0.0488 e. The van der Waals surface area contributed by atoms with Gasteiger partial charge >= 0.3 is 0 Å². The maximum Gasteiger partial charge on any atom is 0.0488 e. The lowest BCUT2D eigenvalue weighted by Gasteiger charge is -2.09. The summed E-state index contributed by atoms with van der Waals surface area (Å²) in [7, 11) is 0. The van der Waals surface area contributed by atoms with Gasteiger partial charge in [0.25, 0.3) is 0 Å². The van der Waals surface area contributed by atoms with Crippen molar-refractivity contribution in [2.75, 3.05) is 0 Å². The molecule has 2 heterocycles. The van der Waals surface area contributed by atoms with Crippen molar-refractivity contribution in [3.63, 3.8) is 0 Å². The molecule has 1 aromatic carbocycles. The van der Waals surface area contributed by atoms with Crippen molar-refractivity contribution >= 4 is 10.9 Å². The number of nitrogens with zero attached hydrogens (tertiary/aromatic N) is 1. The number of benzene rings is 1. The quantitative estimate of drug-likeness (QED) is 0.855. The Labute approximate surface area is 133 Å². The van der Waals surface area contributed by atoms with Gasteiger partial charge in [-0.15, -0.1) is 0 Å². The Hall–Kier alpha value is -1.32. The van der Waals surface area contributed by atoms with E-state index in [9.17, 15) is 0 Å². The molecular formula is C19H29N3. The van der Waals surface area contributed by atoms with Gasteiger partial charge in [-0.05, 0) is 61.4 Å². The zero-order chi connectivity index (χ0) is 15.7. The van der Waals surface area contributed by atoms with E-state index in [1.54, 1.807) is 0 Å².